The molecular weight excluding hydrogens is 210 g/mol. The van der Waals surface area contributed by atoms with E-state index in [-0.39, 0.29) is 0 Å². The Balaban J connectivity index is 2.67. The fourth-order valence-corrected chi connectivity index (χ4v) is 2.17. The highest BCUT2D eigenvalue weighted by molar-refractivity contribution is 5.88. The van der Waals surface area contributed by atoms with E-state index in [1.165, 1.54) is 27.6 Å². The van der Waals surface area contributed by atoms with Gasteiger partial charge in [0.15, 0.2) is 0 Å². The molecule has 0 amide bonds. The van der Waals surface area contributed by atoms with Crippen LogP contribution in [-0.4, -0.2) is 12.1 Å². The van der Waals surface area contributed by atoms with Crippen LogP contribution in [0.25, 0.3) is 10.8 Å². The van der Waals surface area contributed by atoms with Crippen molar-refractivity contribution in [2.24, 2.45) is 0 Å². The van der Waals surface area contributed by atoms with Gasteiger partial charge in [0.05, 0.1) is 12.3 Å². The molecule has 1 aromatic carbocycles. The molecule has 0 aliphatic rings. The monoisotopic (exact) mass is 229 g/mol. The highest BCUT2D eigenvalue weighted by atomic mass is 16.5. The summed E-state index contributed by atoms with van der Waals surface area (Å²) in [5.74, 6) is 0.441. The second-order valence-corrected chi connectivity index (χ2v) is 4.79. The first-order valence-electron chi connectivity index (χ1n) is 6.00. The molecule has 2 nitrogen and oxygen atoms in total. The van der Waals surface area contributed by atoms with Crippen molar-refractivity contribution in [1.82, 2.24) is 4.98 Å². The number of hydrogen-bond acceptors (Lipinski definition) is 2. The molecule has 0 aliphatic carbocycles. The van der Waals surface area contributed by atoms with Crippen molar-refractivity contribution in [3.63, 3.8) is 0 Å². The van der Waals surface area contributed by atoms with E-state index in [9.17, 15) is 0 Å². The number of methoxy groups -OCH3 is 1. The van der Waals surface area contributed by atoms with E-state index >= 15 is 0 Å². The number of aromatic nitrogens is 1. The minimum absolute atomic E-state index is 0.441. The Hall–Kier alpha value is -1.41. The predicted octanol–water partition coefficient (Wildman–Crippen LogP) is 3.81. The first-order valence-corrected chi connectivity index (χ1v) is 6.00. The molecular formula is C15H19NO. The van der Waals surface area contributed by atoms with Crippen LogP contribution in [-0.2, 0) is 11.3 Å². The number of fused-ring (bicyclic) bond motifs is 1. The first kappa shape index (κ1) is 12.1. The molecule has 1 aromatic heterocycles. The van der Waals surface area contributed by atoms with Crippen LogP contribution in [0.5, 0.6) is 0 Å². The summed E-state index contributed by atoms with van der Waals surface area (Å²) in [5.41, 5.74) is 3.60. The van der Waals surface area contributed by atoms with Crippen molar-refractivity contribution < 1.29 is 4.74 Å². The van der Waals surface area contributed by atoms with E-state index in [1.807, 2.05) is 6.20 Å². The van der Waals surface area contributed by atoms with Crippen LogP contribution in [0.4, 0.5) is 0 Å². The Morgan fingerprint density at radius 1 is 1.24 bits per heavy atom. The summed E-state index contributed by atoms with van der Waals surface area (Å²) in [6.45, 7) is 7.12. The van der Waals surface area contributed by atoms with E-state index in [0.717, 1.165) is 0 Å². The van der Waals surface area contributed by atoms with E-state index < -0.39 is 0 Å². The number of nitrogens with zero attached hydrogens (tertiary/aromatic N) is 1. The quantitative estimate of drug-likeness (QED) is 0.798. The van der Waals surface area contributed by atoms with Crippen molar-refractivity contribution >= 4 is 10.8 Å². The molecule has 17 heavy (non-hydrogen) atoms. The molecule has 1 heterocycles. The van der Waals surface area contributed by atoms with Gasteiger partial charge in [-0.25, -0.2) is 0 Å². The molecule has 90 valence electrons. The van der Waals surface area contributed by atoms with Gasteiger partial charge in [-0.1, -0.05) is 26.0 Å². The zero-order chi connectivity index (χ0) is 12.4. The van der Waals surface area contributed by atoms with Crippen LogP contribution in [0.15, 0.2) is 24.4 Å². The van der Waals surface area contributed by atoms with Gasteiger partial charge in [-0.3, -0.25) is 4.98 Å². The molecule has 0 N–H and O–H groups in total. The number of rotatable bonds is 3. The molecule has 2 rings (SSSR count). The smallest absolute Gasteiger partial charge is 0.0713 e. The topological polar surface area (TPSA) is 22.1 Å². The third-order valence-corrected chi connectivity index (χ3v) is 3.04. The van der Waals surface area contributed by atoms with Crippen molar-refractivity contribution in [1.29, 1.82) is 0 Å². The third-order valence-electron chi connectivity index (χ3n) is 3.04. The third kappa shape index (κ3) is 2.32. The highest BCUT2D eigenvalue weighted by Gasteiger charge is 2.09. The summed E-state index contributed by atoms with van der Waals surface area (Å²) in [4.78, 5) is 4.57. The number of hydrogen-bond donors (Lipinski definition) is 0. The van der Waals surface area contributed by atoms with Gasteiger partial charge in [-0.2, -0.15) is 0 Å². The van der Waals surface area contributed by atoms with Crippen molar-refractivity contribution in [3.05, 3.63) is 41.2 Å². The number of ether oxygens (including phenoxy) is 1. The zero-order valence-corrected chi connectivity index (χ0v) is 10.9. The Morgan fingerprint density at radius 2 is 2.00 bits per heavy atom. The maximum atomic E-state index is 5.19. The first-order chi connectivity index (χ1) is 8.13. The van der Waals surface area contributed by atoms with Crippen LogP contribution in [0.1, 0.15) is 36.6 Å². The van der Waals surface area contributed by atoms with Gasteiger partial charge in [0, 0.05) is 18.7 Å². The van der Waals surface area contributed by atoms with Gasteiger partial charge in [0.2, 0.25) is 0 Å². The van der Waals surface area contributed by atoms with Gasteiger partial charge < -0.3 is 4.74 Å². The Labute approximate surface area is 103 Å². The van der Waals surface area contributed by atoms with Crippen LogP contribution in [0, 0.1) is 6.92 Å². The van der Waals surface area contributed by atoms with Crippen LogP contribution in [0.3, 0.4) is 0 Å². The van der Waals surface area contributed by atoms with Gasteiger partial charge >= 0.3 is 0 Å². The summed E-state index contributed by atoms with van der Waals surface area (Å²) in [6.07, 6.45) is 1.97. The lowest BCUT2D eigenvalue weighted by Gasteiger charge is -2.12. The summed E-state index contributed by atoms with van der Waals surface area (Å²) >= 11 is 0. The SMILES string of the molecule is COCc1ccc2c(C)cnc(C(C)C)c2c1. The van der Waals surface area contributed by atoms with Gasteiger partial charge in [0.1, 0.15) is 0 Å². The standard InChI is InChI=1S/C15H19NO/c1-10(2)15-14-7-12(9-17-4)5-6-13(14)11(3)8-16-15/h5-8,10H,9H2,1-4H3. The Morgan fingerprint density at radius 3 is 2.65 bits per heavy atom. The summed E-state index contributed by atoms with van der Waals surface area (Å²) in [5, 5.41) is 2.55. The van der Waals surface area contributed by atoms with E-state index in [0.29, 0.717) is 12.5 Å². The molecule has 2 aromatic rings. The average molecular weight is 229 g/mol. The van der Waals surface area contributed by atoms with E-state index in [4.69, 9.17) is 4.74 Å². The minimum atomic E-state index is 0.441. The number of aryl methyl sites for hydroxylation is 1. The maximum Gasteiger partial charge on any atom is 0.0713 e. The lowest BCUT2D eigenvalue weighted by Crippen LogP contribution is -1.97. The minimum Gasteiger partial charge on any atom is -0.380 e. The van der Waals surface area contributed by atoms with Crippen molar-refractivity contribution in [2.75, 3.05) is 7.11 Å². The van der Waals surface area contributed by atoms with E-state index in [2.05, 4.69) is 44.0 Å². The van der Waals surface area contributed by atoms with Gasteiger partial charge in [-0.05, 0) is 35.4 Å². The molecule has 0 radical (unpaired) electrons. The van der Waals surface area contributed by atoms with Crippen LogP contribution in [0.2, 0.25) is 0 Å². The molecule has 0 saturated heterocycles. The predicted molar refractivity (Wildman–Crippen MR) is 71.3 cm³/mol. The molecule has 0 aliphatic heterocycles. The van der Waals surface area contributed by atoms with Crippen molar-refractivity contribution in [2.45, 2.75) is 33.3 Å². The average Bonchev–Trinajstić information content (AvgIpc) is 2.29. The van der Waals surface area contributed by atoms with Crippen LogP contribution >= 0.6 is 0 Å². The fourth-order valence-electron chi connectivity index (χ4n) is 2.17. The molecule has 0 saturated carbocycles. The molecule has 0 atom stereocenters. The normalized spacial score (nSPS) is 11.4. The van der Waals surface area contributed by atoms with Gasteiger partial charge in [-0.15, -0.1) is 0 Å². The second kappa shape index (κ2) is 4.84. The number of pyridine rings is 1. The summed E-state index contributed by atoms with van der Waals surface area (Å²) < 4.78 is 5.19. The molecule has 0 spiro atoms. The summed E-state index contributed by atoms with van der Waals surface area (Å²) in [7, 11) is 1.72. The Bertz CT molecular complexity index is 532. The largest absolute Gasteiger partial charge is 0.380 e. The van der Waals surface area contributed by atoms with Crippen molar-refractivity contribution in [3.8, 4) is 0 Å². The molecule has 0 bridgehead atoms. The van der Waals surface area contributed by atoms with E-state index in [1.54, 1.807) is 7.11 Å². The molecule has 2 heteroatoms. The van der Waals surface area contributed by atoms with Crippen LogP contribution < -0.4 is 0 Å². The Kier molecular flexibility index (Phi) is 3.43. The molecule has 0 fully saturated rings. The second-order valence-electron chi connectivity index (χ2n) is 4.79. The van der Waals surface area contributed by atoms with Gasteiger partial charge in [0.25, 0.3) is 0 Å². The lowest BCUT2D eigenvalue weighted by atomic mass is 9.98. The molecule has 0 unspecified atom stereocenters. The fraction of sp³-hybridized carbons (Fsp3) is 0.400. The maximum absolute atomic E-state index is 5.19. The highest BCUT2D eigenvalue weighted by Crippen LogP contribution is 2.26. The number of benzene rings is 1. The lowest BCUT2D eigenvalue weighted by molar-refractivity contribution is 0.185. The zero-order valence-electron chi connectivity index (χ0n) is 10.9. The summed E-state index contributed by atoms with van der Waals surface area (Å²) in [6, 6.07) is 6.50.